The summed E-state index contributed by atoms with van der Waals surface area (Å²) in [5, 5.41) is 8.06. The maximum absolute atomic E-state index is 4.62. The van der Waals surface area contributed by atoms with Gasteiger partial charge >= 0.3 is 0 Å². The summed E-state index contributed by atoms with van der Waals surface area (Å²) < 4.78 is 4.01. The molecule has 0 unspecified atom stereocenters. The first-order valence-electron chi connectivity index (χ1n) is 7.49. The number of nitrogens with one attached hydrogen (secondary N) is 1. The van der Waals surface area contributed by atoms with Gasteiger partial charge in [0.25, 0.3) is 0 Å². The van der Waals surface area contributed by atoms with Crippen molar-refractivity contribution < 1.29 is 0 Å². The van der Waals surface area contributed by atoms with Gasteiger partial charge in [-0.2, -0.15) is 5.10 Å². The molecule has 2 aromatic rings. The molecule has 0 bridgehead atoms. The van der Waals surface area contributed by atoms with Gasteiger partial charge in [0.2, 0.25) is 5.95 Å². The van der Waals surface area contributed by atoms with E-state index in [0.29, 0.717) is 6.04 Å². The summed E-state index contributed by atoms with van der Waals surface area (Å²) >= 11 is 0. The van der Waals surface area contributed by atoms with Crippen molar-refractivity contribution in [2.45, 2.75) is 51.6 Å². The highest BCUT2D eigenvalue weighted by atomic mass is 15.3. The van der Waals surface area contributed by atoms with Gasteiger partial charge in [-0.15, -0.1) is 0 Å². The van der Waals surface area contributed by atoms with Crippen molar-refractivity contribution in [3.63, 3.8) is 0 Å². The van der Waals surface area contributed by atoms with Crippen molar-refractivity contribution in [1.29, 1.82) is 0 Å². The van der Waals surface area contributed by atoms with Gasteiger partial charge in [0.15, 0.2) is 0 Å². The molecule has 0 radical (unpaired) electrons. The van der Waals surface area contributed by atoms with Crippen molar-refractivity contribution in [1.82, 2.24) is 19.3 Å². The molecular formula is C15H23N5. The molecule has 2 aromatic heterocycles. The molecule has 108 valence electrons. The Morgan fingerprint density at radius 3 is 2.80 bits per heavy atom. The molecule has 1 aliphatic carbocycles. The number of aromatic nitrogens is 4. The van der Waals surface area contributed by atoms with Crippen molar-refractivity contribution in [3.05, 3.63) is 29.8 Å². The largest absolute Gasteiger partial charge is 0.353 e. The zero-order chi connectivity index (χ0) is 13.9. The quantitative estimate of drug-likeness (QED) is 0.931. The van der Waals surface area contributed by atoms with E-state index in [0.717, 1.165) is 23.9 Å². The van der Waals surface area contributed by atoms with Crippen molar-refractivity contribution >= 4 is 5.95 Å². The summed E-state index contributed by atoms with van der Waals surface area (Å²) in [7, 11) is 1.95. The van der Waals surface area contributed by atoms with Gasteiger partial charge in [0.1, 0.15) is 0 Å². The molecule has 1 N–H and O–H groups in total. The molecule has 5 nitrogen and oxygen atoms in total. The Balaban J connectivity index is 1.73. The van der Waals surface area contributed by atoms with Gasteiger partial charge in [-0.25, -0.2) is 4.98 Å². The first-order chi connectivity index (χ1) is 9.70. The summed E-state index contributed by atoms with van der Waals surface area (Å²) in [6.07, 6.45) is 10.6. The maximum atomic E-state index is 4.62. The topological polar surface area (TPSA) is 47.7 Å². The van der Waals surface area contributed by atoms with Crippen LogP contribution >= 0.6 is 0 Å². The average Bonchev–Trinajstić information content (AvgIpc) is 2.98. The van der Waals surface area contributed by atoms with Crippen LogP contribution in [-0.4, -0.2) is 25.4 Å². The lowest BCUT2D eigenvalue weighted by Gasteiger charge is -2.23. The summed E-state index contributed by atoms with van der Waals surface area (Å²) in [5.41, 5.74) is 2.12. The van der Waals surface area contributed by atoms with E-state index in [-0.39, 0.29) is 0 Å². The lowest BCUT2D eigenvalue weighted by Crippen LogP contribution is -2.24. The van der Waals surface area contributed by atoms with Crippen LogP contribution in [0.3, 0.4) is 0 Å². The molecule has 0 amide bonds. The van der Waals surface area contributed by atoms with E-state index >= 15 is 0 Å². The van der Waals surface area contributed by atoms with Crippen molar-refractivity contribution in [3.8, 4) is 0 Å². The minimum Gasteiger partial charge on any atom is -0.353 e. The lowest BCUT2D eigenvalue weighted by atomic mass is 9.96. The molecule has 0 saturated heterocycles. The summed E-state index contributed by atoms with van der Waals surface area (Å²) in [6.45, 7) is 2.82. The summed E-state index contributed by atoms with van der Waals surface area (Å²) in [5.74, 6) is 0.986. The molecule has 3 rings (SSSR count). The van der Waals surface area contributed by atoms with Gasteiger partial charge in [-0.3, -0.25) is 4.68 Å². The van der Waals surface area contributed by atoms with E-state index in [1.807, 2.05) is 24.9 Å². The van der Waals surface area contributed by atoms with E-state index in [1.54, 1.807) is 0 Å². The van der Waals surface area contributed by atoms with E-state index in [9.17, 15) is 0 Å². The van der Waals surface area contributed by atoms with E-state index in [2.05, 4.69) is 32.2 Å². The zero-order valence-corrected chi connectivity index (χ0v) is 12.3. The Morgan fingerprint density at radius 1 is 1.30 bits per heavy atom. The minimum absolute atomic E-state index is 0.577. The summed E-state index contributed by atoms with van der Waals surface area (Å²) in [4.78, 5) is 4.62. The van der Waals surface area contributed by atoms with E-state index in [1.165, 1.54) is 32.1 Å². The fraction of sp³-hybridized carbons (Fsp3) is 0.600. The average molecular weight is 273 g/mol. The molecule has 20 heavy (non-hydrogen) atoms. The van der Waals surface area contributed by atoms with Crippen LogP contribution < -0.4 is 5.32 Å². The lowest BCUT2D eigenvalue weighted by molar-refractivity contribution is 0.459. The highest BCUT2D eigenvalue weighted by Gasteiger charge is 2.16. The molecule has 1 fully saturated rings. The van der Waals surface area contributed by atoms with Gasteiger partial charge in [-0.05, 0) is 25.8 Å². The maximum Gasteiger partial charge on any atom is 0.203 e. The van der Waals surface area contributed by atoms with Crippen LogP contribution in [0.4, 0.5) is 5.95 Å². The van der Waals surface area contributed by atoms with Crippen molar-refractivity contribution in [2.24, 2.45) is 7.05 Å². The molecule has 0 atom stereocenters. The van der Waals surface area contributed by atoms with Gasteiger partial charge in [-0.1, -0.05) is 19.3 Å². The number of hydrogen-bond donors (Lipinski definition) is 1. The first-order valence-corrected chi connectivity index (χ1v) is 7.49. The predicted octanol–water partition coefficient (Wildman–Crippen LogP) is 2.72. The number of hydrogen-bond acceptors (Lipinski definition) is 3. The number of anilines is 1. The smallest absolute Gasteiger partial charge is 0.203 e. The second kappa shape index (κ2) is 5.69. The highest BCUT2D eigenvalue weighted by molar-refractivity contribution is 5.31. The minimum atomic E-state index is 0.577. The highest BCUT2D eigenvalue weighted by Crippen LogP contribution is 2.21. The normalized spacial score (nSPS) is 16.5. The Morgan fingerprint density at radius 2 is 2.10 bits per heavy atom. The molecule has 0 spiro atoms. The molecular weight excluding hydrogens is 250 g/mol. The SMILES string of the molecule is Cc1cn(Cc2ccn(C)n2)c(NC2CCCCC2)n1. The molecule has 2 heterocycles. The third kappa shape index (κ3) is 3.03. The van der Waals surface area contributed by atoms with Crippen LogP contribution in [0.15, 0.2) is 18.5 Å². The van der Waals surface area contributed by atoms with Crippen LogP contribution in [-0.2, 0) is 13.6 Å². The van der Waals surface area contributed by atoms with Gasteiger partial charge in [0.05, 0.1) is 17.9 Å². The van der Waals surface area contributed by atoms with Crippen LogP contribution in [0.5, 0.6) is 0 Å². The van der Waals surface area contributed by atoms with Gasteiger partial charge < -0.3 is 9.88 Å². The Hall–Kier alpha value is -1.78. The Kier molecular flexibility index (Phi) is 3.76. The number of imidazole rings is 1. The Labute approximate surface area is 120 Å². The fourth-order valence-corrected chi connectivity index (χ4v) is 2.93. The number of nitrogens with zero attached hydrogens (tertiary/aromatic N) is 4. The number of rotatable bonds is 4. The second-order valence-corrected chi connectivity index (χ2v) is 5.79. The monoisotopic (exact) mass is 273 g/mol. The second-order valence-electron chi connectivity index (χ2n) is 5.79. The molecule has 1 saturated carbocycles. The zero-order valence-electron chi connectivity index (χ0n) is 12.3. The van der Waals surface area contributed by atoms with E-state index in [4.69, 9.17) is 0 Å². The van der Waals surface area contributed by atoms with Crippen LogP contribution in [0.2, 0.25) is 0 Å². The molecule has 0 aliphatic heterocycles. The van der Waals surface area contributed by atoms with Gasteiger partial charge in [0, 0.05) is 25.5 Å². The third-order valence-electron chi connectivity index (χ3n) is 3.94. The third-order valence-corrected chi connectivity index (χ3v) is 3.94. The molecule has 1 aliphatic rings. The Bertz CT molecular complexity index is 563. The summed E-state index contributed by atoms with van der Waals surface area (Å²) in [6, 6.07) is 2.63. The van der Waals surface area contributed by atoms with Crippen molar-refractivity contribution in [2.75, 3.05) is 5.32 Å². The molecule has 0 aromatic carbocycles. The standard InChI is InChI=1S/C15H23N5/c1-12-10-20(11-14-8-9-19(2)18-14)15(16-12)17-13-6-4-3-5-7-13/h8-10,13H,3-7,11H2,1-2H3,(H,16,17). The van der Waals surface area contributed by atoms with Crippen LogP contribution in [0.25, 0.3) is 0 Å². The predicted molar refractivity (Wildman–Crippen MR) is 79.8 cm³/mol. The fourth-order valence-electron chi connectivity index (χ4n) is 2.93. The van der Waals surface area contributed by atoms with E-state index < -0.39 is 0 Å². The van der Waals surface area contributed by atoms with Crippen LogP contribution in [0.1, 0.15) is 43.5 Å². The molecule has 5 heteroatoms. The first kappa shape index (κ1) is 13.2. The van der Waals surface area contributed by atoms with Crippen LogP contribution in [0, 0.1) is 6.92 Å². The number of aryl methyl sites for hydroxylation is 2.